The molecule has 39 heavy (non-hydrogen) atoms. The summed E-state index contributed by atoms with van der Waals surface area (Å²) in [6, 6.07) is 4.79. The van der Waals surface area contributed by atoms with Crippen molar-refractivity contribution in [1.82, 2.24) is 24.7 Å². The van der Waals surface area contributed by atoms with Crippen LogP contribution in [0.1, 0.15) is 39.2 Å². The van der Waals surface area contributed by atoms with E-state index >= 15 is 0 Å². The predicted molar refractivity (Wildman–Crippen MR) is 136 cm³/mol. The Morgan fingerprint density at radius 1 is 1.15 bits per heavy atom. The summed E-state index contributed by atoms with van der Waals surface area (Å²) >= 11 is 0. The van der Waals surface area contributed by atoms with E-state index in [9.17, 15) is 27.8 Å². The van der Waals surface area contributed by atoms with Gasteiger partial charge < -0.3 is 25.7 Å². The van der Waals surface area contributed by atoms with Crippen LogP contribution in [0.2, 0.25) is 0 Å². The Balaban J connectivity index is 1.39. The first-order valence-corrected chi connectivity index (χ1v) is 12.7. The van der Waals surface area contributed by atoms with Gasteiger partial charge in [0.25, 0.3) is 5.92 Å². The number of aliphatic hydroxyl groups is 2. The maximum atomic E-state index is 14.1. The van der Waals surface area contributed by atoms with Gasteiger partial charge in [-0.1, -0.05) is 0 Å². The molecule has 0 bridgehead atoms. The highest BCUT2D eigenvalue weighted by atomic mass is 19.3. The summed E-state index contributed by atoms with van der Waals surface area (Å²) in [7, 11) is 0. The van der Waals surface area contributed by atoms with Crippen LogP contribution < -0.4 is 15.5 Å². The van der Waals surface area contributed by atoms with Crippen molar-refractivity contribution < 1.29 is 27.8 Å². The second-order valence-electron chi connectivity index (χ2n) is 10.4. The van der Waals surface area contributed by atoms with Gasteiger partial charge in [0.15, 0.2) is 0 Å². The third kappa shape index (κ3) is 6.06. The Labute approximate surface area is 222 Å². The van der Waals surface area contributed by atoms with Gasteiger partial charge in [0.1, 0.15) is 11.6 Å². The average Bonchev–Trinajstić information content (AvgIpc) is 3.50. The largest absolute Gasteiger partial charge is 0.396 e. The fourth-order valence-corrected chi connectivity index (χ4v) is 4.93. The van der Waals surface area contributed by atoms with Crippen LogP contribution in [0.4, 0.5) is 40.8 Å². The summed E-state index contributed by atoms with van der Waals surface area (Å²) in [5, 5.41) is 30.1. The second kappa shape index (κ2) is 10.6. The van der Waals surface area contributed by atoms with Crippen molar-refractivity contribution >= 4 is 23.3 Å². The first kappa shape index (κ1) is 27.1. The van der Waals surface area contributed by atoms with E-state index in [-0.39, 0.29) is 18.5 Å². The van der Waals surface area contributed by atoms with Crippen LogP contribution in [0.25, 0.3) is 11.3 Å². The van der Waals surface area contributed by atoms with Crippen LogP contribution in [0, 0.1) is 5.92 Å². The van der Waals surface area contributed by atoms with Crippen LogP contribution in [0.5, 0.6) is 0 Å². The quantitative estimate of drug-likeness (QED) is 0.308. The summed E-state index contributed by atoms with van der Waals surface area (Å²) in [5.41, 5.74) is 0.730. The first-order chi connectivity index (χ1) is 18.5. The minimum Gasteiger partial charge on any atom is -0.396 e. The lowest BCUT2D eigenvalue weighted by Gasteiger charge is -2.34. The Kier molecular flexibility index (Phi) is 7.33. The van der Waals surface area contributed by atoms with Gasteiger partial charge in [-0.25, -0.2) is 23.4 Å². The van der Waals surface area contributed by atoms with Crippen LogP contribution >= 0.6 is 0 Å². The van der Waals surface area contributed by atoms with E-state index in [1.807, 2.05) is 6.92 Å². The summed E-state index contributed by atoms with van der Waals surface area (Å²) in [5.74, 6) is -3.46. The van der Waals surface area contributed by atoms with Gasteiger partial charge in [-0.15, -0.1) is 0 Å². The summed E-state index contributed by atoms with van der Waals surface area (Å²) in [6.45, 7) is -2.28. The van der Waals surface area contributed by atoms with E-state index in [1.165, 1.54) is 29.6 Å². The van der Waals surface area contributed by atoms with Crippen molar-refractivity contribution in [2.75, 3.05) is 35.2 Å². The maximum absolute atomic E-state index is 14.1. The van der Waals surface area contributed by atoms with E-state index < -0.39 is 37.1 Å². The molecule has 1 saturated heterocycles. The van der Waals surface area contributed by atoms with Gasteiger partial charge >= 0.3 is 6.55 Å². The molecule has 1 aliphatic carbocycles. The van der Waals surface area contributed by atoms with Crippen LogP contribution in [-0.4, -0.2) is 72.2 Å². The molecule has 1 unspecified atom stereocenters. The lowest BCUT2D eigenvalue weighted by molar-refractivity contribution is -0.0391. The molecule has 0 radical (unpaired) electrons. The first-order valence-electron chi connectivity index (χ1n) is 12.7. The van der Waals surface area contributed by atoms with Gasteiger partial charge in [-0.05, 0) is 44.7 Å². The van der Waals surface area contributed by atoms with Crippen LogP contribution in [-0.2, 0) is 0 Å². The van der Waals surface area contributed by atoms with Crippen molar-refractivity contribution in [3.63, 3.8) is 0 Å². The number of pyridine rings is 1. The van der Waals surface area contributed by atoms with Crippen molar-refractivity contribution in [3.8, 4) is 11.3 Å². The molecule has 210 valence electrons. The van der Waals surface area contributed by atoms with E-state index in [1.54, 1.807) is 12.1 Å². The molecule has 10 nitrogen and oxygen atoms in total. The Hall–Kier alpha value is -3.52. The monoisotopic (exact) mass is 550 g/mol. The highest BCUT2D eigenvalue weighted by Crippen LogP contribution is 2.36. The number of hydrogen-bond acceptors (Lipinski definition) is 9. The van der Waals surface area contributed by atoms with Crippen molar-refractivity contribution in [2.24, 2.45) is 5.92 Å². The molecular weight excluding hydrogens is 520 g/mol. The molecular formula is C25H30F4N8O2. The Morgan fingerprint density at radius 3 is 2.59 bits per heavy atom. The van der Waals surface area contributed by atoms with Gasteiger partial charge in [0.2, 0.25) is 5.95 Å². The number of halogens is 4. The number of aliphatic hydroxyl groups excluding tert-OH is 1. The number of anilines is 4. The average molecular weight is 551 g/mol. The zero-order chi connectivity index (χ0) is 27.8. The Morgan fingerprint density at radius 2 is 1.92 bits per heavy atom. The molecule has 1 saturated carbocycles. The molecule has 14 heteroatoms. The molecule has 0 spiro atoms. The fourth-order valence-electron chi connectivity index (χ4n) is 4.93. The van der Waals surface area contributed by atoms with E-state index in [0.717, 1.165) is 0 Å². The second-order valence-corrected chi connectivity index (χ2v) is 10.4. The number of hydrogen-bond donors (Lipinski definition) is 4. The molecule has 1 aliphatic heterocycles. The molecule has 4 N–H and O–H groups in total. The lowest BCUT2D eigenvalue weighted by Crippen LogP contribution is -2.35. The molecule has 0 amide bonds. The predicted octanol–water partition coefficient (Wildman–Crippen LogP) is 4.04. The minimum atomic E-state index is -3.05. The molecule has 3 aromatic rings. The summed E-state index contributed by atoms with van der Waals surface area (Å²) < 4.78 is 55.1. The maximum Gasteiger partial charge on any atom is 0.333 e. The minimum absolute atomic E-state index is 0.0402. The van der Waals surface area contributed by atoms with Gasteiger partial charge in [-0.3, -0.25) is 0 Å². The third-order valence-corrected chi connectivity index (χ3v) is 7.25. The smallest absolute Gasteiger partial charge is 0.333 e. The van der Waals surface area contributed by atoms with E-state index in [2.05, 4.69) is 30.7 Å². The number of nitrogens with one attached hydrogen (secondary N) is 2. The zero-order valence-corrected chi connectivity index (χ0v) is 21.2. The number of alkyl halides is 4. The molecule has 2 aliphatic rings. The summed E-state index contributed by atoms with van der Waals surface area (Å²) in [4.78, 5) is 14.2. The molecule has 3 aromatic heterocycles. The molecule has 5 rings (SSSR count). The zero-order valence-electron chi connectivity index (χ0n) is 21.2. The SMILES string of the molecule is CC1(O)CCC(Nc2cc(Nc3ccnc(N4CC(CO)C(F)(F)C4)n3)ncc2-c2ccn(C(F)F)n2)CC1. The van der Waals surface area contributed by atoms with Gasteiger partial charge in [-0.2, -0.15) is 18.9 Å². The van der Waals surface area contributed by atoms with Crippen LogP contribution in [0.15, 0.2) is 36.8 Å². The van der Waals surface area contributed by atoms with Crippen LogP contribution in [0.3, 0.4) is 0 Å². The summed E-state index contributed by atoms with van der Waals surface area (Å²) in [6.07, 6.45) is 6.81. The van der Waals surface area contributed by atoms with Crippen molar-refractivity contribution in [2.45, 2.75) is 56.7 Å². The number of aromatic nitrogens is 5. The van der Waals surface area contributed by atoms with Crippen molar-refractivity contribution in [3.05, 3.63) is 36.8 Å². The van der Waals surface area contributed by atoms with E-state index in [4.69, 9.17) is 0 Å². The normalized spacial score (nSPS) is 24.8. The third-order valence-electron chi connectivity index (χ3n) is 7.25. The molecule has 1 atom stereocenters. The number of rotatable bonds is 8. The lowest BCUT2D eigenvalue weighted by atomic mass is 9.83. The van der Waals surface area contributed by atoms with Gasteiger partial charge in [0, 0.05) is 48.5 Å². The molecule has 0 aromatic carbocycles. The van der Waals surface area contributed by atoms with Crippen molar-refractivity contribution in [1.29, 1.82) is 0 Å². The fraction of sp³-hybridized carbons (Fsp3) is 0.520. The number of nitrogens with zero attached hydrogens (tertiary/aromatic N) is 6. The highest BCUT2D eigenvalue weighted by Gasteiger charge is 2.48. The highest BCUT2D eigenvalue weighted by molar-refractivity contribution is 5.77. The Bertz CT molecular complexity index is 1290. The van der Waals surface area contributed by atoms with Gasteiger partial charge in [0.05, 0.1) is 30.4 Å². The topological polar surface area (TPSA) is 124 Å². The molecule has 2 fully saturated rings. The standard InChI is InChI=1S/C25H30F4N8O2/c1-24(39)6-2-16(3-7-24)32-19-10-21(31-11-17(19)18-5-9-37(35-18)22(26)27)33-20-4-8-30-23(34-20)36-12-15(13-38)25(28,29)14-36/h4-5,8-11,15-16,22,38-39H,2-3,6-7,12-14H2,1H3,(H2,30,31,32,33,34). The molecule has 4 heterocycles. The van der Waals surface area contributed by atoms with E-state index in [0.29, 0.717) is 58.9 Å².